The topological polar surface area (TPSA) is 37.4 Å². The molecular formula is C12H16FNO2S. The molecule has 0 aliphatic carbocycles. The standard InChI is InChI=1S/C12H16FNO2S/c1-14(12-5-6-17(15,16)9-12)8-10-3-2-4-11(13)7-10/h2-4,7,12H,5-6,8-9H2,1H3. The lowest BCUT2D eigenvalue weighted by Crippen LogP contribution is -2.32. The van der Waals surface area contributed by atoms with Gasteiger partial charge in [-0.05, 0) is 31.2 Å². The Morgan fingerprint density at radius 2 is 2.24 bits per heavy atom. The van der Waals surface area contributed by atoms with Gasteiger partial charge in [0.05, 0.1) is 11.5 Å². The SMILES string of the molecule is CN(Cc1cccc(F)c1)C1CCS(=O)(=O)C1. The summed E-state index contributed by atoms with van der Waals surface area (Å²) >= 11 is 0. The summed E-state index contributed by atoms with van der Waals surface area (Å²) in [6.07, 6.45) is 0.675. The molecule has 0 N–H and O–H groups in total. The van der Waals surface area contributed by atoms with Gasteiger partial charge in [0.25, 0.3) is 0 Å². The Morgan fingerprint density at radius 1 is 1.47 bits per heavy atom. The first kappa shape index (κ1) is 12.5. The normalized spacial score (nSPS) is 23.1. The van der Waals surface area contributed by atoms with Crippen molar-refractivity contribution in [3.05, 3.63) is 35.6 Å². The van der Waals surface area contributed by atoms with Crippen molar-refractivity contribution < 1.29 is 12.8 Å². The van der Waals surface area contributed by atoms with Gasteiger partial charge >= 0.3 is 0 Å². The minimum atomic E-state index is -2.86. The Hall–Kier alpha value is -0.940. The maximum Gasteiger partial charge on any atom is 0.151 e. The molecule has 0 aromatic heterocycles. The van der Waals surface area contributed by atoms with E-state index in [1.54, 1.807) is 6.07 Å². The fraction of sp³-hybridized carbons (Fsp3) is 0.500. The molecule has 1 aliphatic heterocycles. The van der Waals surface area contributed by atoms with E-state index >= 15 is 0 Å². The highest BCUT2D eigenvalue weighted by Gasteiger charge is 2.30. The molecule has 0 saturated carbocycles. The van der Waals surface area contributed by atoms with E-state index < -0.39 is 9.84 Å². The zero-order valence-electron chi connectivity index (χ0n) is 9.77. The van der Waals surface area contributed by atoms with E-state index in [0.717, 1.165) is 5.56 Å². The third-order valence-electron chi connectivity index (χ3n) is 3.15. The van der Waals surface area contributed by atoms with E-state index in [1.165, 1.54) is 12.1 Å². The number of sulfone groups is 1. The summed E-state index contributed by atoms with van der Waals surface area (Å²) in [6, 6.07) is 6.47. The van der Waals surface area contributed by atoms with Gasteiger partial charge in [-0.1, -0.05) is 12.1 Å². The van der Waals surface area contributed by atoms with E-state index in [-0.39, 0.29) is 23.4 Å². The smallest absolute Gasteiger partial charge is 0.151 e. The fourth-order valence-electron chi connectivity index (χ4n) is 2.18. The predicted octanol–water partition coefficient (Wildman–Crippen LogP) is 1.44. The van der Waals surface area contributed by atoms with Crippen LogP contribution >= 0.6 is 0 Å². The van der Waals surface area contributed by atoms with Gasteiger partial charge in [0.1, 0.15) is 5.82 Å². The fourth-order valence-corrected chi connectivity index (χ4v) is 3.98. The monoisotopic (exact) mass is 257 g/mol. The van der Waals surface area contributed by atoms with Crippen LogP contribution in [0.4, 0.5) is 4.39 Å². The molecule has 0 amide bonds. The summed E-state index contributed by atoms with van der Waals surface area (Å²) in [5.41, 5.74) is 0.872. The molecule has 5 heteroatoms. The Labute approximate surface area is 101 Å². The van der Waals surface area contributed by atoms with Crippen molar-refractivity contribution in [1.82, 2.24) is 4.90 Å². The minimum absolute atomic E-state index is 0.0586. The zero-order valence-corrected chi connectivity index (χ0v) is 10.6. The molecule has 94 valence electrons. The molecule has 1 atom stereocenters. The van der Waals surface area contributed by atoms with Gasteiger partial charge in [-0.25, -0.2) is 12.8 Å². The molecule has 1 heterocycles. The minimum Gasteiger partial charge on any atom is -0.298 e. The van der Waals surface area contributed by atoms with E-state index in [2.05, 4.69) is 0 Å². The third-order valence-corrected chi connectivity index (χ3v) is 4.90. The van der Waals surface area contributed by atoms with Crippen LogP contribution in [-0.4, -0.2) is 37.9 Å². The van der Waals surface area contributed by atoms with Crippen molar-refractivity contribution in [3.63, 3.8) is 0 Å². The van der Waals surface area contributed by atoms with Crippen LogP contribution in [0.25, 0.3) is 0 Å². The van der Waals surface area contributed by atoms with Crippen LogP contribution in [0.1, 0.15) is 12.0 Å². The van der Waals surface area contributed by atoms with Crippen LogP contribution in [0.15, 0.2) is 24.3 Å². The number of hydrogen-bond acceptors (Lipinski definition) is 3. The molecule has 1 saturated heterocycles. The Balaban J connectivity index is 2.00. The Morgan fingerprint density at radius 3 is 2.82 bits per heavy atom. The summed E-state index contributed by atoms with van der Waals surface area (Å²) in [6.45, 7) is 0.581. The third kappa shape index (κ3) is 3.26. The highest BCUT2D eigenvalue weighted by atomic mass is 32.2. The second-order valence-corrected chi connectivity index (χ2v) is 6.83. The number of rotatable bonds is 3. The molecule has 1 aromatic carbocycles. The summed E-state index contributed by atoms with van der Waals surface area (Å²) in [5, 5.41) is 0. The van der Waals surface area contributed by atoms with Gasteiger partial charge in [0.2, 0.25) is 0 Å². The summed E-state index contributed by atoms with van der Waals surface area (Å²) in [7, 11) is -0.971. The van der Waals surface area contributed by atoms with Gasteiger partial charge in [-0.15, -0.1) is 0 Å². The number of halogens is 1. The second kappa shape index (κ2) is 4.74. The molecular weight excluding hydrogens is 241 g/mol. The highest BCUT2D eigenvalue weighted by Crippen LogP contribution is 2.18. The van der Waals surface area contributed by atoms with Crippen LogP contribution in [0.5, 0.6) is 0 Å². The molecule has 3 nitrogen and oxygen atoms in total. The summed E-state index contributed by atoms with van der Waals surface area (Å²) < 4.78 is 35.7. The van der Waals surface area contributed by atoms with E-state index in [1.807, 2.05) is 18.0 Å². The lowest BCUT2D eigenvalue weighted by Gasteiger charge is -2.22. The van der Waals surface area contributed by atoms with Gasteiger partial charge in [-0.3, -0.25) is 4.90 Å². The lowest BCUT2D eigenvalue weighted by molar-refractivity contribution is 0.253. The molecule has 1 fully saturated rings. The van der Waals surface area contributed by atoms with Crippen LogP contribution < -0.4 is 0 Å². The summed E-state index contributed by atoms with van der Waals surface area (Å²) in [5.74, 6) is 0.235. The van der Waals surface area contributed by atoms with E-state index in [0.29, 0.717) is 13.0 Å². The van der Waals surface area contributed by atoms with Crippen LogP contribution in [0.2, 0.25) is 0 Å². The van der Waals surface area contributed by atoms with Crippen molar-refractivity contribution in [2.45, 2.75) is 19.0 Å². The van der Waals surface area contributed by atoms with Crippen molar-refractivity contribution in [2.75, 3.05) is 18.6 Å². The Bertz CT molecular complexity index is 501. The first-order valence-electron chi connectivity index (χ1n) is 5.61. The Kier molecular flexibility index (Phi) is 3.49. The first-order chi connectivity index (χ1) is 7.96. The first-order valence-corrected chi connectivity index (χ1v) is 7.43. The molecule has 1 aromatic rings. The average molecular weight is 257 g/mol. The van der Waals surface area contributed by atoms with Crippen molar-refractivity contribution in [1.29, 1.82) is 0 Å². The second-order valence-electron chi connectivity index (χ2n) is 4.60. The highest BCUT2D eigenvalue weighted by molar-refractivity contribution is 7.91. The van der Waals surface area contributed by atoms with Crippen LogP contribution in [0.3, 0.4) is 0 Å². The summed E-state index contributed by atoms with van der Waals surface area (Å²) in [4.78, 5) is 1.99. The number of nitrogens with zero attached hydrogens (tertiary/aromatic N) is 1. The van der Waals surface area contributed by atoms with E-state index in [9.17, 15) is 12.8 Å². The lowest BCUT2D eigenvalue weighted by atomic mass is 10.1. The van der Waals surface area contributed by atoms with Crippen molar-refractivity contribution in [2.24, 2.45) is 0 Å². The van der Waals surface area contributed by atoms with Gasteiger partial charge < -0.3 is 0 Å². The molecule has 2 rings (SSSR count). The maximum absolute atomic E-state index is 13.0. The molecule has 1 unspecified atom stereocenters. The largest absolute Gasteiger partial charge is 0.298 e. The molecule has 1 aliphatic rings. The number of benzene rings is 1. The van der Waals surface area contributed by atoms with Crippen LogP contribution in [0, 0.1) is 5.82 Å². The van der Waals surface area contributed by atoms with Gasteiger partial charge in [0.15, 0.2) is 9.84 Å². The maximum atomic E-state index is 13.0. The molecule has 0 bridgehead atoms. The molecule has 0 radical (unpaired) electrons. The van der Waals surface area contributed by atoms with E-state index in [4.69, 9.17) is 0 Å². The zero-order chi connectivity index (χ0) is 12.5. The van der Waals surface area contributed by atoms with Crippen molar-refractivity contribution >= 4 is 9.84 Å². The predicted molar refractivity (Wildman–Crippen MR) is 64.9 cm³/mol. The van der Waals surface area contributed by atoms with Crippen LogP contribution in [-0.2, 0) is 16.4 Å². The average Bonchev–Trinajstić information content (AvgIpc) is 2.59. The molecule has 0 spiro atoms. The number of hydrogen-bond donors (Lipinski definition) is 0. The van der Waals surface area contributed by atoms with Gasteiger partial charge in [-0.2, -0.15) is 0 Å². The van der Waals surface area contributed by atoms with Gasteiger partial charge in [0, 0.05) is 12.6 Å². The quantitative estimate of drug-likeness (QED) is 0.822. The van der Waals surface area contributed by atoms with Crippen molar-refractivity contribution in [3.8, 4) is 0 Å². The molecule has 17 heavy (non-hydrogen) atoms.